The summed E-state index contributed by atoms with van der Waals surface area (Å²) in [6.45, 7) is 4.28. The topological polar surface area (TPSA) is 72.5 Å². The van der Waals surface area contributed by atoms with Crippen molar-refractivity contribution in [3.63, 3.8) is 0 Å². The molecule has 0 saturated carbocycles. The van der Waals surface area contributed by atoms with Crippen molar-refractivity contribution in [2.45, 2.75) is 26.7 Å². The van der Waals surface area contributed by atoms with Crippen LogP contribution in [-0.4, -0.2) is 25.3 Å². The Kier molecular flexibility index (Phi) is 6.93. The zero-order valence-electron chi connectivity index (χ0n) is 11.8. The predicted molar refractivity (Wildman–Crippen MR) is 75.5 cm³/mol. The van der Waals surface area contributed by atoms with E-state index in [4.69, 9.17) is 9.05 Å². The van der Waals surface area contributed by atoms with E-state index < -0.39 is 13.6 Å². The summed E-state index contributed by atoms with van der Waals surface area (Å²) >= 11 is 0. The molecule has 0 aliphatic carbocycles. The number of carbonyl (C=O) groups excluding carboxylic acids is 1. The van der Waals surface area contributed by atoms with Crippen molar-refractivity contribution in [3.05, 3.63) is 35.4 Å². The van der Waals surface area contributed by atoms with Crippen LogP contribution in [0.4, 0.5) is 0 Å². The van der Waals surface area contributed by atoms with Gasteiger partial charge in [0.05, 0.1) is 24.9 Å². The van der Waals surface area contributed by atoms with Gasteiger partial charge in [0, 0.05) is 0 Å². The number of carbonyl (C=O) groups is 1. The fourth-order valence-electron chi connectivity index (χ4n) is 1.84. The maximum absolute atomic E-state index is 12.2. The van der Waals surface area contributed by atoms with Crippen LogP contribution in [0.2, 0.25) is 0 Å². The third kappa shape index (κ3) is 5.45. The Balaban J connectivity index is 2.50. The molecule has 1 aromatic rings. The monoisotopic (exact) mass is 299 g/mol. The van der Waals surface area contributed by atoms with Crippen molar-refractivity contribution in [1.29, 1.82) is 0 Å². The van der Waals surface area contributed by atoms with Crippen LogP contribution in [0, 0.1) is 0 Å². The van der Waals surface area contributed by atoms with Gasteiger partial charge in [0.15, 0.2) is 0 Å². The second-order valence-corrected chi connectivity index (χ2v) is 6.44. The van der Waals surface area contributed by atoms with E-state index in [9.17, 15) is 14.5 Å². The average molecular weight is 299 g/mol. The van der Waals surface area contributed by atoms with E-state index in [0.29, 0.717) is 32.2 Å². The Labute approximate surface area is 119 Å². The Morgan fingerprint density at radius 1 is 1.10 bits per heavy atom. The van der Waals surface area contributed by atoms with Crippen LogP contribution in [0.5, 0.6) is 0 Å². The molecule has 0 amide bonds. The van der Waals surface area contributed by atoms with E-state index in [-0.39, 0.29) is 5.56 Å². The molecular weight excluding hydrogens is 279 g/mol. The molecule has 5 nitrogen and oxygen atoms in total. The van der Waals surface area contributed by atoms with Crippen LogP contribution >= 0.6 is 7.60 Å². The summed E-state index contributed by atoms with van der Waals surface area (Å²) < 4.78 is 22.6. The molecular formula is C14H20O5P. The normalized spacial score (nSPS) is 11.5. The van der Waals surface area contributed by atoms with E-state index in [1.165, 1.54) is 12.1 Å². The van der Waals surface area contributed by atoms with Crippen LogP contribution in [0.25, 0.3) is 0 Å². The molecule has 1 aromatic carbocycles. The Hall–Kier alpha value is -1.16. The lowest BCUT2D eigenvalue weighted by molar-refractivity contribution is 0.0573. The fraction of sp³-hybridized carbons (Fsp3) is 0.500. The maximum atomic E-state index is 12.2. The van der Waals surface area contributed by atoms with Gasteiger partial charge in [-0.3, -0.25) is 4.57 Å². The summed E-state index contributed by atoms with van der Waals surface area (Å²) in [6, 6.07) is 6.49. The van der Waals surface area contributed by atoms with E-state index in [0.717, 1.165) is 5.56 Å². The molecule has 6 heteroatoms. The second kappa shape index (κ2) is 8.20. The van der Waals surface area contributed by atoms with Gasteiger partial charge in [-0.2, -0.15) is 0 Å². The third-order valence-corrected chi connectivity index (χ3v) is 4.91. The van der Waals surface area contributed by atoms with E-state index >= 15 is 0 Å². The van der Waals surface area contributed by atoms with Gasteiger partial charge >= 0.3 is 13.6 Å². The van der Waals surface area contributed by atoms with Gasteiger partial charge < -0.3 is 9.05 Å². The molecule has 0 aromatic heterocycles. The molecule has 0 saturated heterocycles. The van der Waals surface area contributed by atoms with Crippen LogP contribution < -0.4 is 0 Å². The molecule has 20 heavy (non-hydrogen) atoms. The first-order valence-corrected chi connectivity index (χ1v) is 8.42. The number of hydrogen-bond acceptors (Lipinski definition) is 4. The summed E-state index contributed by atoms with van der Waals surface area (Å²) in [5, 5.41) is 10.6. The lowest BCUT2D eigenvalue weighted by Gasteiger charge is -2.16. The molecule has 0 aliphatic heterocycles. The molecule has 0 bridgehead atoms. The first kappa shape index (κ1) is 16.9. The van der Waals surface area contributed by atoms with Gasteiger partial charge in [0.2, 0.25) is 0 Å². The van der Waals surface area contributed by atoms with Crippen molar-refractivity contribution < 1.29 is 23.5 Å². The lowest BCUT2D eigenvalue weighted by Crippen LogP contribution is -2.01. The minimum Gasteiger partial charge on any atom is -0.309 e. The molecule has 111 valence electrons. The Morgan fingerprint density at radius 3 is 2.10 bits per heavy atom. The SMILES string of the molecule is CCOP(=O)(CCCc1ccc(C([O])=O)cc1)OCC. The first-order valence-electron chi connectivity index (χ1n) is 6.69. The lowest BCUT2D eigenvalue weighted by atomic mass is 10.1. The van der Waals surface area contributed by atoms with E-state index in [2.05, 4.69) is 0 Å². The quantitative estimate of drug-likeness (QED) is 0.655. The number of hydrogen-bond donors (Lipinski definition) is 0. The van der Waals surface area contributed by atoms with Crippen molar-refractivity contribution >= 4 is 13.6 Å². The Bertz CT molecular complexity index is 459. The fourth-order valence-corrected chi connectivity index (χ4v) is 3.51. The minimum atomic E-state index is -2.99. The largest absolute Gasteiger partial charge is 0.386 e. The van der Waals surface area contributed by atoms with E-state index in [1.807, 2.05) is 0 Å². The Morgan fingerprint density at radius 2 is 1.65 bits per heavy atom. The van der Waals surface area contributed by atoms with Gasteiger partial charge in [-0.25, -0.2) is 9.90 Å². The number of aryl methyl sites for hydroxylation is 1. The molecule has 0 aliphatic rings. The molecule has 0 unspecified atom stereocenters. The molecule has 0 heterocycles. The summed E-state index contributed by atoms with van der Waals surface area (Å²) in [4.78, 5) is 10.6. The molecule has 1 rings (SSSR count). The molecule has 0 N–H and O–H groups in total. The van der Waals surface area contributed by atoms with Gasteiger partial charge in [0.25, 0.3) is 0 Å². The van der Waals surface area contributed by atoms with Crippen molar-refractivity contribution in [2.24, 2.45) is 0 Å². The van der Waals surface area contributed by atoms with Gasteiger partial charge in [0.1, 0.15) is 0 Å². The maximum Gasteiger partial charge on any atom is 0.386 e. The van der Waals surface area contributed by atoms with Gasteiger partial charge in [-0.05, 0) is 44.4 Å². The van der Waals surface area contributed by atoms with Crippen LogP contribution in [0.15, 0.2) is 24.3 Å². The van der Waals surface area contributed by atoms with Gasteiger partial charge in [-0.1, -0.05) is 12.1 Å². The van der Waals surface area contributed by atoms with Crippen LogP contribution in [0.1, 0.15) is 36.2 Å². The zero-order chi connectivity index (χ0) is 15.0. The standard InChI is InChI=1S/C14H20O5P/c1-3-18-20(17,19-4-2)11-5-6-12-7-9-13(10-8-12)14(15)16/h7-10H,3-6,11H2,1-2H3. The highest BCUT2D eigenvalue weighted by Crippen LogP contribution is 2.48. The molecule has 0 fully saturated rings. The highest BCUT2D eigenvalue weighted by Gasteiger charge is 2.22. The second-order valence-electron chi connectivity index (χ2n) is 4.26. The highest BCUT2D eigenvalue weighted by molar-refractivity contribution is 7.53. The summed E-state index contributed by atoms with van der Waals surface area (Å²) in [7, 11) is -2.99. The first-order chi connectivity index (χ1) is 9.50. The number of rotatable bonds is 9. The average Bonchev–Trinajstić information content (AvgIpc) is 2.39. The molecule has 0 spiro atoms. The summed E-state index contributed by atoms with van der Waals surface area (Å²) in [6.07, 6.45) is 1.70. The predicted octanol–water partition coefficient (Wildman–Crippen LogP) is 3.46. The highest BCUT2D eigenvalue weighted by atomic mass is 31.2. The molecule has 1 radical (unpaired) electrons. The van der Waals surface area contributed by atoms with Crippen molar-refractivity contribution in [1.82, 2.24) is 0 Å². The van der Waals surface area contributed by atoms with Crippen molar-refractivity contribution in [2.75, 3.05) is 19.4 Å². The van der Waals surface area contributed by atoms with E-state index in [1.54, 1.807) is 26.0 Å². The smallest absolute Gasteiger partial charge is 0.309 e. The minimum absolute atomic E-state index is 0.156. The summed E-state index contributed by atoms with van der Waals surface area (Å²) in [5.74, 6) is -1.19. The zero-order valence-corrected chi connectivity index (χ0v) is 12.7. The summed E-state index contributed by atoms with van der Waals surface area (Å²) in [5.41, 5.74) is 1.14. The number of benzene rings is 1. The van der Waals surface area contributed by atoms with Crippen LogP contribution in [0.3, 0.4) is 0 Å². The van der Waals surface area contributed by atoms with Crippen LogP contribution in [-0.2, 0) is 25.1 Å². The van der Waals surface area contributed by atoms with Crippen molar-refractivity contribution in [3.8, 4) is 0 Å². The van der Waals surface area contributed by atoms with Gasteiger partial charge in [-0.15, -0.1) is 0 Å². The molecule has 0 atom stereocenters. The third-order valence-electron chi connectivity index (χ3n) is 2.74.